The molecule has 0 spiro atoms. The molecule has 0 aliphatic heterocycles. The maximum absolute atomic E-state index is 11.5. The molecule has 3 N–H and O–H groups in total. The second kappa shape index (κ2) is 7.33. The lowest BCUT2D eigenvalue weighted by Crippen LogP contribution is -2.28. The van der Waals surface area contributed by atoms with Gasteiger partial charge < -0.3 is 15.5 Å². The number of aliphatic carboxylic acids is 1. The molecule has 102 valence electrons. The van der Waals surface area contributed by atoms with E-state index in [0.717, 1.165) is 11.1 Å². The van der Waals surface area contributed by atoms with Gasteiger partial charge in [-0.3, -0.25) is 4.79 Å². The van der Waals surface area contributed by atoms with E-state index in [1.54, 1.807) is 6.08 Å². The van der Waals surface area contributed by atoms with E-state index >= 15 is 0 Å². The van der Waals surface area contributed by atoms with Crippen LogP contribution in [0.1, 0.15) is 17.5 Å². The SMILES string of the molecule is Cc1ccccc1/C=C/C(=O)NCC[C@H](O)C(=O)O. The third-order valence-electron chi connectivity index (χ3n) is 2.60. The Labute approximate surface area is 111 Å². The van der Waals surface area contributed by atoms with Crippen LogP contribution in [0.15, 0.2) is 30.3 Å². The summed E-state index contributed by atoms with van der Waals surface area (Å²) in [4.78, 5) is 21.8. The zero-order valence-electron chi connectivity index (χ0n) is 10.7. The average molecular weight is 263 g/mol. The van der Waals surface area contributed by atoms with E-state index in [1.807, 2.05) is 31.2 Å². The number of hydrogen-bond acceptors (Lipinski definition) is 3. The van der Waals surface area contributed by atoms with Gasteiger partial charge >= 0.3 is 5.97 Å². The number of carboxylic acid groups (broad SMARTS) is 1. The van der Waals surface area contributed by atoms with Crippen molar-refractivity contribution in [3.8, 4) is 0 Å². The fourth-order valence-corrected chi connectivity index (χ4v) is 1.45. The molecule has 1 atom stereocenters. The first kappa shape index (κ1) is 14.9. The molecular weight excluding hydrogens is 246 g/mol. The van der Waals surface area contributed by atoms with Crippen molar-refractivity contribution < 1.29 is 19.8 Å². The fourth-order valence-electron chi connectivity index (χ4n) is 1.45. The number of nitrogens with one attached hydrogen (secondary N) is 1. The van der Waals surface area contributed by atoms with Crippen molar-refractivity contribution in [2.45, 2.75) is 19.4 Å². The van der Waals surface area contributed by atoms with Crippen molar-refractivity contribution in [3.05, 3.63) is 41.5 Å². The van der Waals surface area contributed by atoms with Gasteiger partial charge in [0.1, 0.15) is 0 Å². The number of rotatable bonds is 6. The van der Waals surface area contributed by atoms with Gasteiger partial charge in [0.25, 0.3) is 0 Å². The molecular formula is C14H17NO4. The number of amides is 1. The Morgan fingerprint density at radius 1 is 1.37 bits per heavy atom. The van der Waals surface area contributed by atoms with E-state index in [4.69, 9.17) is 10.2 Å². The number of aliphatic hydroxyl groups is 1. The lowest BCUT2D eigenvalue weighted by Gasteiger charge is -2.05. The van der Waals surface area contributed by atoms with Crippen molar-refractivity contribution in [1.29, 1.82) is 0 Å². The lowest BCUT2D eigenvalue weighted by molar-refractivity contribution is -0.147. The van der Waals surface area contributed by atoms with Gasteiger partial charge in [0.05, 0.1) is 0 Å². The first-order valence-corrected chi connectivity index (χ1v) is 5.93. The van der Waals surface area contributed by atoms with Crippen LogP contribution >= 0.6 is 0 Å². The molecule has 0 fully saturated rings. The minimum absolute atomic E-state index is 0.0146. The van der Waals surface area contributed by atoms with Gasteiger partial charge in [0.15, 0.2) is 6.10 Å². The molecule has 1 aromatic rings. The van der Waals surface area contributed by atoms with Crippen molar-refractivity contribution in [3.63, 3.8) is 0 Å². The highest BCUT2D eigenvalue weighted by atomic mass is 16.4. The van der Waals surface area contributed by atoms with Crippen LogP contribution < -0.4 is 5.32 Å². The third-order valence-corrected chi connectivity index (χ3v) is 2.60. The monoisotopic (exact) mass is 263 g/mol. The lowest BCUT2D eigenvalue weighted by atomic mass is 10.1. The summed E-state index contributed by atoms with van der Waals surface area (Å²) < 4.78 is 0. The Balaban J connectivity index is 2.40. The molecule has 0 bridgehead atoms. The molecule has 0 aromatic heterocycles. The minimum Gasteiger partial charge on any atom is -0.479 e. The number of aryl methyl sites for hydroxylation is 1. The summed E-state index contributed by atoms with van der Waals surface area (Å²) >= 11 is 0. The van der Waals surface area contributed by atoms with Crippen molar-refractivity contribution >= 4 is 18.0 Å². The van der Waals surface area contributed by atoms with E-state index in [-0.39, 0.29) is 18.9 Å². The highest BCUT2D eigenvalue weighted by Crippen LogP contribution is 2.08. The van der Waals surface area contributed by atoms with Gasteiger partial charge in [-0.2, -0.15) is 0 Å². The van der Waals surface area contributed by atoms with Crippen LogP contribution in [-0.4, -0.2) is 34.7 Å². The summed E-state index contributed by atoms with van der Waals surface area (Å²) in [5.74, 6) is -1.61. The van der Waals surface area contributed by atoms with E-state index in [9.17, 15) is 9.59 Å². The molecule has 5 heteroatoms. The fraction of sp³-hybridized carbons (Fsp3) is 0.286. The topological polar surface area (TPSA) is 86.6 Å². The first-order chi connectivity index (χ1) is 9.00. The Kier molecular flexibility index (Phi) is 5.75. The minimum atomic E-state index is -1.44. The molecule has 0 unspecified atom stereocenters. The Morgan fingerprint density at radius 2 is 2.05 bits per heavy atom. The van der Waals surface area contributed by atoms with Crippen molar-refractivity contribution in [1.82, 2.24) is 5.32 Å². The first-order valence-electron chi connectivity index (χ1n) is 5.93. The van der Waals surface area contributed by atoms with Crippen LogP contribution in [0, 0.1) is 6.92 Å². The molecule has 0 heterocycles. The van der Waals surface area contributed by atoms with E-state index in [0.29, 0.717) is 0 Å². The van der Waals surface area contributed by atoms with Gasteiger partial charge in [-0.1, -0.05) is 24.3 Å². The van der Waals surface area contributed by atoms with Crippen molar-refractivity contribution in [2.75, 3.05) is 6.54 Å². The Bertz CT molecular complexity index is 482. The molecule has 0 aliphatic rings. The van der Waals surface area contributed by atoms with Gasteiger partial charge in [0.2, 0.25) is 5.91 Å². The number of carboxylic acids is 1. The summed E-state index contributed by atoms with van der Waals surface area (Å²) in [6.45, 7) is 2.06. The second-order valence-corrected chi connectivity index (χ2v) is 4.12. The number of hydrogen-bond donors (Lipinski definition) is 3. The standard InChI is InChI=1S/C14H17NO4/c1-10-4-2-3-5-11(10)6-7-13(17)15-9-8-12(16)14(18)19/h2-7,12,16H,8-9H2,1H3,(H,15,17)(H,18,19)/b7-6+/t12-/m0/s1. The van der Waals surface area contributed by atoms with Crippen LogP contribution in [0.3, 0.4) is 0 Å². The van der Waals surface area contributed by atoms with Crippen molar-refractivity contribution in [2.24, 2.45) is 0 Å². The van der Waals surface area contributed by atoms with Gasteiger partial charge in [-0.15, -0.1) is 0 Å². The van der Waals surface area contributed by atoms with E-state index < -0.39 is 12.1 Å². The smallest absolute Gasteiger partial charge is 0.332 e. The number of carbonyl (C=O) groups excluding carboxylic acids is 1. The highest BCUT2D eigenvalue weighted by molar-refractivity contribution is 5.91. The molecule has 1 aromatic carbocycles. The zero-order chi connectivity index (χ0) is 14.3. The van der Waals surface area contributed by atoms with Crippen LogP contribution in [0.2, 0.25) is 0 Å². The second-order valence-electron chi connectivity index (χ2n) is 4.12. The molecule has 0 radical (unpaired) electrons. The van der Waals surface area contributed by atoms with Gasteiger partial charge in [-0.25, -0.2) is 4.79 Å². The molecule has 0 saturated carbocycles. The molecule has 5 nitrogen and oxygen atoms in total. The summed E-state index contributed by atoms with van der Waals surface area (Å²) in [7, 11) is 0. The Hall–Kier alpha value is -2.14. The number of carbonyl (C=O) groups is 2. The third kappa shape index (κ3) is 5.35. The maximum Gasteiger partial charge on any atom is 0.332 e. The van der Waals surface area contributed by atoms with E-state index in [2.05, 4.69) is 5.32 Å². The van der Waals surface area contributed by atoms with Crippen LogP contribution in [0.4, 0.5) is 0 Å². The Morgan fingerprint density at radius 3 is 2.68 bits per heavy atom. The number of benzene rings is 1. The summed E-state index contributed by atoms with van der Waals surface area (Å²) in [5, 5.41) is 20.0. The predicted molar refractivity (Wildman–Crippen MR) is 71.5 cm³/mol. The summed E-state index contributed by atoms with van der Waals surface area (Å²) in [6.07, 6.45) is 1.62. The van der Waals surface area contributed by atoms with E-state index in [1.165, 1.54) is 6.08 Å². The molecule has 1 amide bonds. The quantitative estimate of drug-likeness (QED) is 0.667. The number of aliphatic hydroxyl groups excluding tert-OH is 1. The normalized spacial score (nSPS) is 12.3. The zero-order valence-corrected chi connectivity index (χ0v) is 10.7. The molecule has 1 rings (SSSR count). The van der Waals surface area contributed by atoms with Gasteiger partial charge in [0, 0.05) is 19.0 Å². The molecule has 19 heavy (non-hydrogen) atoms. The average Bonchev–Trinajstić information content (AvgIpc) is 2.37. The summed E-state index contributed by atoms with van der Waals surface area (Å²) in [5.41, 5.74) is 2.01. The maximum atomic E-state index is 11.5. The van der Waals surface area contributed by atoms with Crippen LogP contribution in [0.25, 0.3) is 6.08 Å². The van der Waals surface area contributed by atoms with Crippen LogP contribution in [-0.2, 0) is 9.59 Å². The molecule has 0 aliphatic carbocycles. The summed E-state index contributed by atoms with van der Waals surface area (Å²) in [6, 6.07) is 7.64. The largest absolute Gasteiger partial charge is 0.479 e. The molecule has 0 saturated heterocycles. The highest BCUT2D eigenvalue weighted by Gasteiger charge is 2.12. The van der Waals surface area contributed by atoms with Crippen LogP contribution in [0.5, 0.6) is 0 Å². The van der Waals surface area contributed by atoms with Gasteiger partial charge in [-0.05, 0) is 24.1 Å². The predicted octanol–water partition coefficient (Wildman–Crippen LogP) is 0.960.